The third-order valence-electron chi connectivity index (χ3n) is 13.9. The summed E-state index contributed by atoms with van der Waals surface area (Å²) in [7, 11) is 0. The van der Waals surface area contributed by atoms with E-state index < -0.39 is 92.2 Å². The molecule has 4 heterocycles. The summed E-state index contributed by atoms with van der Waals surface area (Å²) in [6.45, 7) is 11.6. The SMILES string of the molecule is CC(C)(C)OC(=O)N1CCC[C@H]1C(=O)Nc1ccc([C@H]2CC[C@H](c3ccc(NC(=O)[C@@H]4CCCN4C(=O)OC(C)(C)C)c([N+](=O)[O-])c3)N2c2cc(F)c(N3CCC(c4ccccc4)CC3)c(F)c2)cc1[N+](=O)[O-]. The number of nitrogens with zero attached hydrogens (tertiary/aromatic N) is 6. The van der Waals surface area contributed by atoms with Crippen LogP contribution < -0.4 is 20.4 Å². The lowest BCUT2D eigenvalue weighted by molar-refractivity contribution is -0.384. The number of anilines is 4. The molecule has 4 saturated heterocycles. The Labute approximate surface area is 422 Å². The van der Waals surface area contributed by atoms with Crippen LogP contribution in [-0.2, 0) is 19.1 Å². The monoisotopic (exact) mass is 1010 g/mol. The van der Waals surface area contributed by atoms with Gasteiger partial charge in [0.05, 0.1) is 21.9 Å². The van der Waals surface area contributed by atoms with Crippen molar-refractivity contribution in [1.82, 2.24) is 9.80 Å². The molecule has 4 atom stereocenters. The van der Waals surface area contributed by atoms with E-state index in [1.165, 1.54) is 46.2 Å². The van der Waals surface area contributed by atoms with E-state index in [2.05, 4.69) is 10.6 Å². The van der Waals surface area contributed by atoms with Crippen LogP contribution in [0.15, 0.2) is 78.9 Å². The molecule has 0 unspecified atom stereocenters. The number of hydrogen-bond donors (Lipinski definition) is 2. The van der Waals surface area contributed by atoms with Crippen molar-refractivity contribution in [1.29, 1.82) is 0 Å². The van der Waals surface area contributed by atoms with Gasteiger partial charge in [-0.15, -0.1) is 0 Å². The lowest BCUT2D eigenvalue weighted by atomic mass is 9.89. The summed E-state index contributed by atoms with van der Waals surface area (Å²) in [4.78, 5) is 83.6. The van der Waals surface area contributed by atoms with E-state index in [0.29, 0.717) is 62.7 Å². The van der Waals surface area contributed by atoms with Gasteiger partial charge in [-0.1, -0.05) is 42.5 Å². The number of halogens is 2. The van der Waals surface area contributed by atoms with Crippen LogP contribution in [0.3, 0.4) is 0 Å². The van der Waals surface area contributed by atoms with E-state index in [1.807, 2.05) is 30.3 Å². The van der Waals surface area contributed by atoms with Gasteiger partial charge in [-0.05, 0) is 140 Å². The second kappa shape index (κ2) is 21.0. The number of ether oxygens (including phenoxy) is 2. The molecule has 4 fully saturated rings. The summed E-state index contributed by atoms with van der Waals surface area (Å²) in [5.74, 6) is -2.70. The summed E-state index contributed by atoms with van der Waals surface area (Å²) in [5.41, 5.74) is -1.05. The zero-order valence-corrected chi connectivity index (χ0v) is 41.9. The summed E-state index contributed by atoms with van der Waals surface area (Å²) >= 11 is 0. The molecule has 2 N–H and O–H groups in total. The molecule has 0 saturated carbocycles. The fourth-order valence-corrected chi connectivity index (χ4v) is 10.6. The zero-order chi connectivity index (χ0) is 52.5. The average Bonchev–Trinajstić information content (AvgIpc) is 4.12. The number of nitro benzene ring substituents is 2. The smallest absolute Gasteiger partial charge is 0.410 e. The lowest BCUT2D eigenvalue weighted by Gasteiger charge is -2.36. The quantitative estimate of drug-likeness (QED) is 0.106. The number of hydrogen-bond acceptors (Lipinski definition) is 12. The molecule has 20 heteroatoms. The van der Waals surface area contributed by atoms with Gasteiger partial charge in [-0.2, -0.15) is 0 Å². The van der Waals surface area contributed by atoms with Crippen molar-refractivity contribution < 1.29 is 47.3 Å². The molecule has 0 aromatic heterocycles. The van der Waals surface area contributed by atoms with E-state index in [0.717, 1.165) is 5.56 Å². The van der Waals surface area contributed by atoms with Crippen molar-refractivity contribution in [2.45, 2.75) is 134 Å². The molecule has 4 aliphatic heterocycles. The molecular weight excluding hydrogens is 947 g/mol. The average molecular weight is 1010 g/mol. The minimum Gasteiger partial charge on any atom is -0.444 e. The van der Waals surface area contributed by atoms with Crippen molar-refractivity contribution in [2.75, 3.05) is 46.6 Å². The maximum absolute atomic E-state index is 16.7. The molecule has 4 amide bonds. The summed E-state index contributed by atoms with van der Waals surface area (Å²) in [6.07, 6.45) is 2.19. The van der Waals surface area contributed by atoms with E-state index in [9.17, 15) is 39.4 Å². The van der Waals surface area contributed by atoms with Crippen molar-refractivity contribution in [3.8, 4) is 0 Å². The second-order valence-electron chi connectivity index (χ2n) is 21.2. The maximum Gasteiger partial charge on any atom is 0.410 e. The Kier molecular flexibility index (Phi) is 14.9. The Morgan fingerprint density at radius 1 is 0.589 bits per heavy atom. The van der Waals surface area contributed by atoms with Crippen LogP contribution in [0.4, 0.5) is 52.5 Å². The van der Waals surface area contributed by atoms with Gasteiger partial charge in [-0.25, -0.2) is 18.4 Å². The molecule has 8 rings (SSSR count). The Balaban J connectivity index is 1.11. The summed E-state index contributed by atoms with van der Waals surface area (Å²) in [6, 6.07) is 17.4. The van der Waals surface area contributed by atoms with Crippen molar-refractivity contribution in [2.24, 2.45) is 0 Å². The molecular formula is C53H62F2N8O10. The zero-order valence-electron chi connectivity index (χ0n) is 41.9. The number of benzene rings is 4. The van der Waals surface area contributed by atoms with Gasteiger partial charge in [0.2, 0.25) is 11.8 Å². The van der Waals surface area contributed by atoms with E-state index in [4.69, 9.17) is 9.47 Å². The van der Waals surface area contributed by atoms with E-state index in [1.54, 1.807) is 63.5 Å². The van der Waals surface area contributed by atoms with Crippen LogP contribution in [0.1, 0.15) is 128 Å². The number of likely N-dealkylation sites (tertiary alicyclic amines) is 2. The predicted molar refractivity (Wildman–Crippen MR) is 270 cm³/mol. The number of amides is 4. The molecule has 388 valence electrons. The minimum atomic E-state index is -0.943. The van der Waals surface area contributed by atoms with Gasteiger partial charge in [0.25, 0.3) is 11.4 Å². The van der Waals surface area contributed by atoms with Crippen molar-refractivity contribution in [3.05, 3.63) is 127 Å². The number of rotatable bonds is 11. The Hall–Kier alpha value is -7.38. The van der Waals surface area contributed by atoms with Crippen LogP contribution in [0, 0.1) is 31.9 Å². The maximum atomic E-state index is 16.7. The van der Waals surface area contributed by atoms with Gasteiger partial charge in [0.1, 0.15) is 40.3 Å². The summed E-state index contributed by atoms with van der Waals surface area (Å²) < 4.78 is 44.3. The highest BCUT2D eigenvalue weighted by atomic mass is 19.1. The molecule has 0 bridgehead atoms. The first-order chi connectivity index (χ1) is 34.6. The topological polar surface area (TPSA) is 210 Å². The second-order valence-corrected chi connectivity index (χ2v) is 21.2. The third-order valence-corrected chi connectivity index (χ3v) is 13.9. The number of carbonyl (C=O) groups excluding carboxylic acids is 4. The fourth-order valence-electron chi connectivity index (χ4n) is 10.6. The van der Waals surface area contributed by atoms with Crippen LogP contribution in [0.5, 0.6) is 0 Å². The molecule has 0 radical (unpaired) electrons. The molecule has 4 aromatic carbocycles. The predicted octanol–water partition coefficient (Wildman–Crippen LogP) is 10.9. The van der Waals surface area contributed by atoms with Crippen LogP contribution in [-0.4, -0.2) is 93.1 Å². The highest BCUT2D eigenvalue weighted by Crippen LogP contribution is 2.50. The highest BCUT2D eigenvalue weighted by molar-refractivity contribution is 5.99. The normalized spacial score (nSPS) is 20.5. The lowest BCUT2D eigenvalue weighted by Crippen LogP contribution is -2.45. The number of nitro groups is 2. The van der Waals surface area contributed by atoms with Crippen LogP contribution in [0.2, 0.25) is 0 Å². The van der Waals surface area contributed by atoms with Crippen molar-refractivity contribution in [3.63, 3.8) is 0 Å². The third kappa shape index (κ3) is 11.6. The first-order valence-corrected chi connectivity index (χ1v) is 24.8. The van der Waals surface area contributed by atoms with Gasteiger partial charge in [0.15, 0.2) is 11.6 Å². The fraction of sp³-hybridized carbons (Fsp3) is 0.472. The van der Waals surface area contributed by atoms with Crippen molar-refractivity contribution >= 4 is 58.1 Å². The first-order valence-electron chi connectivity index (χ1n) is 24.8. The Bertz CT molecular complexity index is 2620. The Morgan fingerprint density at radius 3 is 1.44 bits per heavy atom. The highest BCUT2D eigenvalue weighted by Gasteiger charge is 2.42. The molecule has 0 aliphatic carbocycles. The standard InChI is InChI=1S/C53H62F2N8O10/c1-52(2,3)72-50(66)59-24-10-14-43(59)48(64)56-39-18-16-34(28-45(39)62(68)69)41-20-21-42(61(41)36-30-37(54)47(38(55)31-36)58-26-22-33(23-27-58)32-12-8-7-9-13-32)35-17-19-40(46(29-35)63(70)71)57-49(65)44-15-11-25-60(44)51(67)73-53(4,5)6/h7-9,12-13,16-19,28-31,33,41-44H,10-11,14-15,20-27H2,1-6H3,(H,56,64)(H,57,65)/t41-,42-,43+,44+/m1/s1. The van der Waals surface area contributed by atoms with E-state index in [-0.39, 0.29) is 54.6 Å². The minimum absolute atomic E-state index is 0.0809. The van der Waals surface area contributed by atoms with Crippen LogP contribution >= 0.6 is 0 Å². The molecule has 73 heavy (non-hydrogen) atoms. The number of piperidine rings is 1. The number of carbonyl (C=O) groups is 4. The van der Waals surface area contributed by atoms with Gasteiger partial charge < -0.3 is 29.9 Å². The van der Waals surface area contributed by atoms with Gasteiger partial charge in [-0.3, -0.25) is 39.6 Å². The molecule has 4 aromatic rings. The van der Waals surface area contributed by atoms with Crippen LogP contribution in [0.25, 0.3) is 0 Å². The van der Waals surface area contributed by atoms with Gasteiger partial charge in [0, 0.05) is 44.0 Å². The Morgan fingerprint density at radius 2 is 1.03 bits per heavy atom. The largest absolute Gasteiger partial charge is 0.444 e. The molecule has 4 aliphatic rings. The first kappa shape index (κ1) is 52.0. The van der Waals surface area contributed by atoms with Gasteiger partial charge >= 0.3 is 12.2 Å². The summed E-state index contributed by atoms with van der Waals surface area (Å²) in [5, 5.41) is 30.8. The molecule has 0 spiro atoms. The number of nitrogens with one attached hydrogen (secondary N) is 2. The van der Waals surface area contributed by atoms with E-state index >= 15 is 8.78 Å². The molecule has 18 nitrogen and oxygen atoms in total.